The van der Waals surface area contributed by atoms with Crippen molar-refractivity contribution < 1.29 is 4.79 Å². The van der Waals surface area contributed by atoms with Crippen molar-refractivity contribution in [2.45, 2.75) is 42.7 Å². The van der Waals surface area contributed by atoms with Crippen molar-refractivity contribution in [2.24, 2.45) is 5.92 Å². The van der Waals surface area contributed by atoms with E-state index in [4.69, 9.17) is 0 Å². The van der Waals surface area contributed by atoms with E-state index in [0.29, 0.717) is 6.54 Å². The molecule has 1 fully saturated rings. The molecule has 4 rings (SSSR count). The molecule has 2 aromatic carbocycles. The van der Waals surface area contributed by atoms with Crippen LogP contribution >= 0.6 is 11.8 Å². The fourth-order valence-corrected chi connectivity index (χ4v) is 4.94. The van der Waals surface area contributed by atoms with Crippen molar-refractivity contribution in [3.8, 4) is 0 Å². The number of carbonyl (C=O) groups excluding carboxylic acids is 1. The average Bonchev–Trinajstić information content (AvgIpc) is 2.80. The van der Waals surface area contributed by atoms with Gasteiger partial charge in [-0.25, -0.2) is 9.97 Å². The lowest BCUT2D eigenvalue weighted by molar-refractivity contribution is -0.125. The number of anilines is 1. The number of nitrogens with one attached hydrogen (secondary N) is 1. The molecule has 3 aromatic rings. The minimum atomic E-state index is -0.0567. The van der Waals surface area contributed by atoms with E-state index in [1.54, 1.807) is 24.2 Å². The first-order chi connectivity index (χ1) is 15.1. The van der Waals surface area contributed by atoms with Crippen molar-refractivity contribution in [1.82, 2.24) is 15.3 Å². The molecule has 31 heavy (non-hydrogen) atoms. The Kier molecular flexibility index (Phi) is 6.87. The highest BCUT2D eigenvalue weighted by molar-refractivity contribution is 7.99. The van der Waals surface area contributed by atoms with Crippen LogP contribution in [0.15, 0.2) is 76.9 Å². The Bertz CT molecular complexity index is 1030. The summed E-state index contributed by atoms with van der Waals surface area (Å²) in [7, 11) is 0. The number of rotatable bonds is 6. The summed E-state index contributed by atoms with van der Waals surface area (Å²) in [6.45, 7) is 5.67. The standard InChI is InChI=1S/C25H28N4OS/c1-18-8-6-12-22(16-18)31-25-23(26-13-14-27-25)29-15-7-11-21(17-29)24(30)28-19(2)20-9-4-3-5-10-20/h3-6,8-10,12-14,16,19,21H,7,11,15,17H2,1-2H3,(H,28,30)/t19-,21-/m0/s1. The summed E-state index contributed by atoms with van der Waals surface area (Å²) in [6, 6.07) is 18.5. The summed E-state index contributed by atoms with van der Waals surface area (Å²) in [6.07, 6.45) is 5.32. The maximum absolute atomic E-state index is 13.0. The molecule has 1 aliphatic rings. The molecule has 0 aliphatic carbocycles. The maximum Gasteiger partial charge on any atom is 0.225 e. The maximum atomic E-state index is 13.0. The second kappa shape index (κ2) is 9.96. The van der Waals surface area contributed by atoms with Crippen LogP contribution in [0.3, 0.4) is 0 Å². The highest BCUT2D eigenvalue weighted by atomic mass is 32.2. The number of hydrogen-bond donors (Lipinski definition) is 1. The lowest BCUT2D eigenvalue weighted by Gasteiger charge is -2.34. The van der Waals surface area contributed by atoms with Gasteiger partial charge in [-0.05, 0) is 44.4 Å². The van der Waals surface area contributed by atoms with Gasteiger partial charge in [0.25, 0.3) is 0 Å². The fraction of sp³-hybridized carbons (Fsp3) is 0.320. The van der Waals surface area contributed by atoms with Crippen molar-refractivity contribution in [3.63, 3.8) is 0 Å². The van der Waals surface area contributed by atoms with Gasteiger partial charge in [0.2, 0.25) is 5.91 Å². The van der Waals surface area contributed by atoms with E-state index in [-0.39, 0.29) is 17.9 Å². The molecular weight excluding hydrogens is 404 g/mol. The van der Waals surface area contributed by atoms with Gasteiger partial charge in [-0.2, -0.15) is 0 Å². The predicted octanol–water partition coefficient (Wildman–Crippen LogP) is 5.03. The Hall–Kier alpha value is -2.86. The highest BCUT2D eigenvalue weighted by Crippen LogP contribution is 2.34. The molecule has 1 aliphatic heterocycles. The van der Waals surface area contributed by atoms with Gasteiger partial charge in [-0.1, -0.05) is 59.8 Å². The number of aryl methyl sites for hydroxylation is 1. The molecule has 6 heteroatoms. The summed E-state index contributed by atoms with van der Waals surface area (Å²) < 4.78 is 0. The van der Waals surface area contributed by atoms with Gasteiger partial charge in [-0.3, -0.25) is 4.79 Å². The van der Waals surface area contributed by atoms with E-state index in [0.717, 1.165) is 40.7 Å². The van der Waals surface area contributed by atoms with Crippen LogP contribution in [0, 0.1) is 12.8 Å². The number of amides is 1. The topological polar surface area (TPSA) is 58.1 Å². The van der Waals surface area contributed by atoms with E-state index >= 15 is 0 Å². The molecule has 1 amide bonds. The zero-order chi connectivity index (χ0) is 21.6. The number of benzene rings is 2. The second-order valence-electron chi connectivity index (χ2n) is 8.03. The van der Waals surface area contributed by atoms with Crippen LogP contribution < -0.4 is 10.2 Å². The number of nitrogens with zero attached hydrogens (tertiary/aromatic N) is 3. The number of hydrogen-bond acceptors (Lipinski definition) is 5. The molecule has 1 aromatic heterocycles. The van der Waals surface area contributed by atoms with Crippen molar-refractivity contribution in [2.75, 3.05) is 18.0 Å². The van der Waals surface area contributed by atoms with Crippen molar-refractivity contribution in [3.05, 3.63) is 78.1 Å². The van der Waals surface area contributed by atoms with Crippen LogP contribution in [0.5, 0.6) is 0 Å². The molecule has 1 N–H and O–H groups in total. The minimum Gasteiger partial charge on any atom is -0.354 e. The third-order valence-electron chi connectivity index (χ3n) is 5.60. The van der Waals surface area contributed by atoms with Gasteiger partial charge in [0.1, 0.15) is 5.03 Å². The lowest BCUT2D eigenvalue weighted by Crippen LogP contribution is -2.44. The Labute approximate surface area is 188 Å². The van der Waals surface area contributed by atoms with Crippen LogP contribution in [0.2, 0.25) is 0 Å². The molecule has 0 unspecified atom stereocenters. The first kappa shape index (κ1) is 21.4. The Morgan fingerprint density at radius 3 is 2.74 bits per heavy atom. The molecule has 2 heterocycles. The summed E-state index contributed by atoms with van der Waals surface area (Å²) >= 11 is 1.62. The number of aromatic nitrogens is 2. The SMILES string of the molecule is Cc1cccc(Sc2nccnc2N2CCC[C@H](C(=O)N[C@@H](C)c3ccccc3)C2)c1. The van der Waals surface area contributed by atoms with Crippen LogP contribution in [-0.4, -0.2) is 29.0 Å². The van der Waals surface area contributed by atoms with Gasteiger partial charge in [0.05, 0.1) is 12.0 Å². The van der Waals surface area contributed by atoms with E-state index < -0.39 is 0 Å². The van der Waals surface area contributed by atoms with Crippen LogP contribution in [-0.2, 0) is 4.79 Å². The van der Waals surface area contributed by atoms with Gasteiger partial charge in [0.15, 0.2) is 5.82 Å². The first-order valence-electron chi connectivity index (χ1n) is 10.8. The van der Waals surface area contributed by atoms with Crippen LogP contribution in [0.25, 0.3) is 0 Å². The van der Waals surface area contributed by atoms with Gasteiger partial charge < -0.3 is 10.2 Å². The Morgan fingerprint density at radius 2 is 1.94 bits per heavy atom. The number of carbonyl (C=O) groups is 1. The van der Waals surface area contributed by atoms with Gasteiger partial charge in [0, 0.05) is 30.4 Å². The smallest absolute Gasteiger partial charge is 0.225 e. The Morgan fingerprint density at radius 1 is 1.13 bits per heavy atom. The van der Waals surface area contributed by atoms with E-state index in [9.17, 15) is 4.79 Å². The third kappa shape index (κ3) is 5.44. The number of piperidine rings is 1. The fourth-order valence-electron chi connectivity index (χ4n) is 3.94. The molecule has 160 valence electrons. The second-order valence-corrected chi connectivity index (χ2v) is 9.09. The third-order valence-corrected chi connectivity index (χ3v) is 6.57. The zero-order valence-corrected chi connectivity index (χ0v) is 18.8. The van der Waals surface area contributed by atoms with Gasteiger partial charge in [-0.15, -0.1) is 0 Å². The van der Waals surface area contributed by atoms with E-state index in [1.807, 2.05) is 37.3 Å². The van der Waals surface area contributed by atoms with E-state index in [1.165, 1.54) is 5.56 Å². The summed E-state index contributed by atoms with van der Waals surface area (Å²) in [5, 5.41) is 4.07. The highest BCUT2D eigenvalue weighted by Gasteiger charge is 2.29. The van der Waals surface area contributed by atoms with Crippen LogP contribution in [0.4, 0.5) is 5.82 Å². The largest absolute Gasteiger partial charge is 0.354 e. The molecule has 0 bridgehead atoms. The molecule has 1 saturated heterocycles. The van der Waals surface area contributed by atoms with E-state index in [2.05, 4.69) is 51.4 Å². The quantitative estimate of drug-likeness (QED) is 0.592. The molecule has 5 nitrogen and oxygen atoms in total. The molecule has 0 spiro atoms. The first-order valence-corrected chi connectivity index (χ1v) is 11.6. The normalized spacial score (nSPS) is 17.2. The summed E-state index contributed by atoms with van der Waals surface area (Å²) in [4.78, 5) is 25.6. The van der Waals surface area contributed by atoms with Crippen molar-refractivity contribution in [1.29, 1.82) is 0 Å². The molecule has 2 atom stereocenters. The van der Waals surface area contributed by atoms with Crippen molar-refractivity contribution >= 4 is 23.5 Å². The zero-order valence-electron chi connectivity index (χ0n) is 18.0. The molecule has 0 radical (unpaired) electrons. The Balaban J connectivity index is 1.45. The molecular formula is C25H28N4OS. The summed E-state index contributed by atoms with van der Waals surface area (Å²) in [5.74, 6) is 0.916. The average molecular weight is 433 g/mol. The van der Waals surface area contributed by atoms with Gasteiger partial charge >= 0.3 is 0 Å². The monoisotopic (exact) mass is 432 g/mol. The lowest BCUT2D eigenvalue weighted by atomic mass is 9.96. The summed E-state index contributed by atoms with van der Waals surface area (Å²) in [5.41, 5.74) is 2.34. The van der Waals surface area contributed by atoms with Crippen LogP contribution in [0.1, 0.15) is 36.9 Å². The minimum absolute atomic E-state index is 0.00645. The predicted molar refractivity (Wildman–Crippen MR) is 125 cm³/mol. The molecule has 0 saturated carbocycles.